The Hall–Kier alpha value is -1.09. The van der Waals surface area contributed by atoms with E-state index in [-0.39, 0.29) is 0 Å². The van der Waals surface area contributed by atoms with Crippen LogP contribution in [-0.2, 0) is 0 Å². The van der Waals surface area contributed by atoms with Gasteiger partial charge in [-0.1, -0.05) is 18.0 Å². The number of hydrogen-bond acceptors (Lipinski definition) is 2. The van der Waals surface area contributed by atoms with Gasteiger partial charge < -0.3 is 0 Å². The summed E-state index contributed by atoms with van der Waals surface area (Å²) in [7, 11) is 0. The fourth-order valence-corrected chi connectivity index (χ4v) is 2.34. The summed E-state index contributed by atoms with van der Waals surface area (Å²) in [6, 6.07) is 2.07. The van der Waals surface area contributed by atoms with Crippen LogP contribution in [-0.4, -0.2) is 14.6 Å². The molecule has 0 radical (unpaired) electrons. The number of nitrogens with zero attached hydrogens (tertiary/aromatic N) is 3. The van der Waals surface area contributed by atoms with Crippen LogP contribution in [0.4, 0.5) is 0 Å². The van der Waals surface area contributed by atoms with Crippen LogP contribution >= 0.6 is 11.6 Å². The van der Waals surface area contributed by atoms with E-state index in [4.69, 9.17) is 11.6 Å². The number of rotatable bonds is 1. The SMILES string of the molecule is Cc1nc2cc(C3CCC3)nn2c(Cl)c1C. The standard InChI is InChI=1S/C12H14ClN3/c1-7-8(2)14-11-6-10(9-4-3-5-9)15-16(11)12(7)13/h6,9H,3-5H2,1-2H3. The van der Waals surface area contributed by atoms with E-state index in [0.717, 1.165) is 22.6 Å². The fourth-order valence-electron chi connectivity index (χ4n) is 2.08. The van der Waals surface area contributed by atoms with E-state index < -0.39 is 0 Å². The van der Waals surface area contributed by atoms with Gasteiger partial charge in [0.2, 0.25) is 0 Å². The van der Waals surface area contributed by atoms with Crippen molar-refractivity contribution < 1.29 is 0 Å². The van der Waals surface area contributed by atoms with Crippen molar-refractivity contribution >= 4 is 17.2 Å². The van der Waals surface area contributed by atoms with Crippen molar-refractivity contribution in [2.45, 2.75) is 39.0 Å². The summed E-state index contributed by atoms with van der Waals surface area (Å²) >= 11 is 6.27. The van der Waals surface area contributed by atoms with Crippen LogP contribution in [0.5, 0.6) is 0 Å². The van der Waals surface area contributed by atoms with E-state index in [1.54, 1.807) is 4.52 Å². The Balaban J connectivity index is 2.20. The summed E-state index contributed by atoms with van der Waals surface area (Å²) in [4.78, 5) is 4.51. The molecule has 0 bridgehead atoms. The summed E-state index contributed by atoms with van der Waals surface area (Å²) in [5.41, 5.74) is 4.01. The highest BCUT2D eigenvalue weighted by atomic mass is 35.5. The molecule has 1 aliphatic carbocycles. The molecule has 84 valence electrons. The first-order valence-corrected chi connectivity index (χ1v) is 6.07. The number of aryl methyl sites for hydroxylation is 1. The average molecular weight is 236 g/mol. The minimum Gasteiger partial charge on any atom is -0.233 e. The summed E-state index contributed by atoms with van der Waals surface area (Å²) in [5, 5.41) is 5.25. The summed E-state index contributed by atoms with van der Waals surface area (Å²) < 4.78 is 1.76. The second-order valence-electron chi connectivity index (χ2n) is 4.58. The number of halogens is 1. The summed E-state index contributed by atoms with van der Waals surface area (Å²) in [6.07, 6.45) is 3.82. The van der Waals surface area contributed by atoms with Crippen molar-refractivity contribution in [3.05, 3.63) is 28.2 Å². The van der Waals surface area contributed by atoms with E-state index in [0.29, 0.717) is 11.1 Å². The fraction of sp³-hybridized carbons (Fsp3) is 0.500. The second kappa shape index (κ2) is 3.45. The Morgan fingerprint density at radius 2 is 2.12 bits per heavy atom. The van der Waals surface area contributed by atoms with Gasteiger partial charge in [0, 0.05) is 23.2 Å². The first-order chi connectivity index (χ1) is 7.66. The van der Waals surface area contributed by atoms with Crippen molar-refractivity contribution in [2.75, 3.05) is 0 Å². The van der Waals surface area contributed by atoms with Crippen molar-refractivity contribution in [2.24, 2.45) is 0 Å². The molecule has 3 nitrogen and oxygen atoms in total. The van der Waals surface area contributed by atoms with Gasteiger partial charge in [-0.05, 0) is 26.7 Å². The molecule has 0 amide bonds. The molecule has 0 spiro atoms. The number of fused-ring (bicyclic) bond motifs is 1. The molecule has 2 heterocycles. The molecule has 4 heteroatoms. The van der Waals surface area contributed by atoms with Crippen LogP contribution in [0.25, 0.3) is 5.65 Å². The van der Waals surface area contributed by atoms with Crippen LogP contribution in [0, 0.1) is 13.8 Å². The first-order valence-electron chi connectivity index (χ1n) is 5.69. The molecular weight excluding hydrogens is 222 g/mol. The molecule has 2 aromatic rings. The smallest absolute Gasteiger partial charge is 0.157 e. The zero-order valence-electron chi connectivity index (χ0n) is 9.50. The Labute approximate surface area is 99.4 Å². The lowest BCUT2D eigenvalue weighted by molar-refractivity contribution is 0.409. The molecule has 1 fully saturated rings. The van der Waals surface area contributed by atoms with Crippen LogP contribution < -0.4 is 0 Å². The Morgan fingerprint density at radius 1 is 1.38 bits per heavy atom. The molecular formula is C12H14ClN3. The third-order valence-electron chi connectivity index (χ3n) is 3.55. The summed E-state index contributed by atoms with van der Waals surface area (Å²) in [5.74, 6) is 0.623. The van der Waals surface area contributed by atoms with Gasteiger partial charge in [-0.3, -0.25) is 0 Å². The van der Waals surface area contributed by atoms with Gasteiger partial charge in [0.05, 0.1) is 5.69 Å². The highest BCUT2D eigenvalue weighted by Gasteiger charge is 2.23. The van der Waals surface area contributed by atoms with Crippen LogP contribution in [0.1, 0.15) is 42.1 Å². The third kappa shape index (κ3) is 1.34. The molecule has 3 rings (SSSR count). The maximum Gasteiger partial charge on any atom is 0.157 e. The van der Waals surface area contributed by atoms with E-state index in [1.807, 2.05) is 13.8 Å². The average Bonchev–Trinajstić information content (AvgIpc) is 2.55. The first kappa shape index (κ1) is 10.1. The molecule has 2 aromatic heterocycles. The molecule has 0 atom stereocenters. The lowest BCUT2D eigenvalue weighted by Gasteiger charge is -2.22. The van der Waals surface area contributed by atoms with E-state index in [1.165, 1.54) is 19.3 Å². The molecule has 16 heavy (non-hydrogen) atoms. The minimum absolute atomic E-state index is 0.623. The lowest BCUT2D eigenvalue weighted by Crippen LogP contribution is -2.09. The highest BCUT2D eigenvalue weighted by molar-refractivity contribution is 6.30. The number of hydrogen-bond donors (Lipinski definition) is 0. The number of aromatic nitrogens is 3. The zero-order chi connectivity index (χ0) is 11.3. The van der Waals surface area contributed by atoms with Gasteiger partial charge in [0.25, 0.3) is 0 Å². The van der Waals surface area contributed by atoms with Gasteiger partial charge in [0.15, 0.2) is 5.65 Å². The monoisotopic (exact) mass is 235 g/mol. The molecule has 0 saturated heterocycles. The Kier molecular flexibility index (Phi) is 2.18. The maximum atomic E-state index is 6.27. The second-order valence-corrected chi connectivity index (χ2v) is 4.94. The molecule has 1 saturated carbocycles. The zero-order valence-corrected chi connectivity index (χ0v) is 10.3. The highest BCUT2D eigenvalue weighted by Crippen LogP contribution is 2.36. The Morgan fingerprint density at radius 3 is 2.75 bits per heavy atom. The maximum absolute atomic E-state index is 6.27. The van der Waals surface area contributed by atoms with Crippen LogP contribution in [0.3, 0.4) is 0 Å². The molecule has 0 unspecified atom stereocenters. The van der Waals surface area contributed by atoms with Crippen molar-refractivity contribution in [1.29, 1.82) is 0 Å². The summed E-state index contributed by atoms with van der Waals surface area (Å²) in [6.45, 7) is 3.96. The van der Waals surface area contributed by atoms with Crippen LogP contribution in [0.2, 0.25) is 5.15 Å². The van der Waals surface area contributed by atoms with Crippen molar-refractivity contribution in [3.63, 3.8) is 0 Å². The van der Waals surface area contributed by atoms with Gasteiger partial charge in [-0.15, -0.1) is 0 Å². The molecule has 0 N–H and O–H groups in total. The van der Waals surface area contributed by atoms with E-state index in [2.05, 4.69) is 16.1 Å². The molecule has 0 aliphatic heterocycles. The van der Waals surface area contributed by atoms with Gasteiger partial charge in [-0.2, -0.15) is 5.10 Å². The Bertz CT molecular complexity index is 555. The normalized spacial score (nSPS) is 16.7. The van der Waals surface area contributed by atoms with Crippen molar-refractivity contribution in [3.8, 4) is 0 Å². The molecule has 0 aromatic carbocycles. The largest absolute Gasteiger partial charge is 0.233 e. The van der Waals surface area contributed by atoms with E-state index in [9.17, 15) is 0 Å². The van der Waals surface area contributed by atoms with Gasteiger partial charge in [0.1, 0.15) is 5.15 Å². The third-order valence-corrected chi connectivity index (χ3v) is 4.00. The van der Waals surface area contributed by atoms with Gasteiger partial charge >= 0.3 is 0 Å². The topological polar surface area (TPSA) is 30.2 Å². The lowest BCUT2D eigenvalue weighted by atomic mass is 9.83. The van der Waals surface area contributed by atoms with Gasteiger partial charge in [-0.25, -0.2) is 9.50 Å². The van der Waals surface area contributed by atoms with E-state index >= 15 is 0 Å². The van der Waals surface area contributed by atoms with Crippen molar-refractivity contribution in [1.82, 2.24) is 14.6 Å². The predicted octanol–water partition coefficient (Wildman–Crippen LogP) is 3.27. The minimum atomic E-state index is 0.623. The molecule has 1 aliphatic rings. The van der Waals surface area contributed by atoms with Crippen LogP contribution in [0.15, 0.2) is 6.07 Å². The quantitative estimate of drug-likeness (QED) is 0.711. The predicted molar refractivity (Wildman–Crippen MR) is 64.1 cm³/mol.